The number of hydrogen-bond donors (Lipinski definition) is 1. The fourth-order valence-corrected chi connectivity index (χ4v) is 12.3. The van der Waals surface area contributed by atoms with Gasteiger partial charge in [0, 0.05) is 52.8 Å². The maximum atomic E-state index is 11.9. The summed E-state index contributed by atoms with van der Waals surface area (Å²) in [4.78, 5) is 35.6. The van der Waals surface area contributed by atoms with Crippen molar-refractivity contribution in [1.82, 2.24) is 0 Å². The van der Waals surface area contributed by atoms with E-state index in [0.29, 0.717) is 42.9 Å². The van der Waals surface area contributed by atoms with Gasteiger partial charge in [-0.25, -0.2) is 0 Å². The summed E-state index contributed by atoms with van der Waals surface area (Å²) < 4.78 is 5.96. The van der Waals surface area contributed by atoms with Gasteiger partial charge in [-0.3, -0.25) is 14.4 Å². The molecule has 5 unspecified atom stereocenters. The smallest absolute Gasteiger partial charge is 0.306 e. The summed E-state index contributed by atoms with van der Waals surface area (Å²) in [6.45, 7) is 13.1. The minimum absolute atomic E-state index is 0. The topological polar surface area (TPSA) is 80.7 Å². The van der Waals surface area contributed by atoms with E-state index in [0.717, 1.165) is 57.8 Å². The molecule has 1 saturated heterocycles. The van der Waals surface area contributed by atoms with Gasteiger partial charge in [0.25, 0.3) is 0 Å². The molecule has 1 aliphatic heterocycles. The minimum Gasteiger partial charge on any atom is -0.458 e. The third-order valence-electron chi connectivity index (χ3n) is 15.7. The monoisotopic (exact) mass is 664 g/mol. The first-order chi connectivity index (χ1) is 22.7. The van der Waals surface area contributed by atoms with Gasteiger partial charge in [-0.05, 0) is 92.9 Å². The molecule has 0 aromatic rings. The summed E-state index contributed by atoms with van der Waals surface area (Å²) in [6.07, 6.45) is 29.8. The molecular formula is C44H56O5. The number of aliphatic hydroxyl groups is 1. The molecule has 2 saturated carbocycles. The number of rotatable bonds is 1. The van der Waals surface area contributed by atoms with E-state index in [9.17, 15) is 19.5 Å². The number of esters is 1. The lowest BCUT2D eigenvalue weighted by Gasteiger charge is -2.52. The number of carbonyl (C=O) groups is 3. The molecular weight excluding hydrogens is 608 g/mol. The molecule has 8 aliphatic carbocycles. The molecule has 0 radical (unpaired) electrons. The molecule has 0 aromatic carbocycles. The van der Waals surface area contributed by atoms with Crippen molar-refractivity contribution in [2.75, 3.05) is 0 Å². The highest BCUT2D eigenvalue weighted by molar-refractivity contribution is 5.93. The quantitative estimate of drug-likeness (QED) is 0.224. The van der Waals surface area contributed by atoms with Crippen LogP contribution in [0.25, 0.3) is 0 Å². The molecule has 3 fully saturated rings. The van der Waals surface area contributed by atoms with Crippen molar-refractivity contribution < 1.29 is 24.2 Å². The number of carbonyl (C=O) groups excluding carboxylic acids is 3. The van der Waals surface area contributed by atoms with E-state index in [-0.39, 0.29) is 52.2 Å². The number of fused-ring (bicyclic) bond motifs is 11. The van der Waals surface area contributed by atoms with Crippen molar-refractivity contribution >= 4 is 17.5 Å². The lowest BCUT2D eigenvalue weighted by Crippen LogP contribution is -2.50. The van der Waals surface area contributed by atoms with Crippen LogP contribution in [0.4, 0.5) is 0 Å². The van der Waals surface area contributed by atoms with Gasteiger partial charge in [-0.1, -0.05) is 88.8 Å². The average molecular weight is 665 g/mol. The Labute approximate surface area is 293 Å². The molecule has 0 bridgehead atoms. The maximum absolute atomic E-state index is 11.9. The Balaban J connectivity index is 0.000000152. The first-order valence-electron chi connectivity index (χ1n) is 18.6. The molecule has 1 N–H and O–H groups in total. The number of ether oxygens (including phenoxy) is 1. The molecule has 0 aromatic heterocycles. The minimum atomic E-state index is -0.757. The van der Waals surface area contributed by atoms with Gasteiger partial charge < -0.3 is 9.84 Å². The lowest BCUT2D eigenvalue weighted by molar-refractivity contribution is -0.159. The van der Waals surface area contributed by atoms with Crippen molar-refractivity contribution in [3.05, 3.63) is 83.6 Å². The zero-order chi connectivity index (χ0) is 33.9. The number of allylic oxidation sites excluding steroid dienone is 12. The van der Waals surface area contributed by atoms with E-state index >= 15 is 0 Å². The van der Waals surface area contributed by atoms with E-state index < -0.39 is 5.60 Å². The average Bonchev–Trinajstić information content (AvgIpc) is 3.68. The molecule has 5 nitrogen and oxygen atoms in total. The highest BCUT2D eigenvalue weighted by atomic mass is 16.6. The normalized spacial score (nSPS) is 46.9. The van der Waals surface area contributed by atoms with E-state index in [1.165, 1.54) is 22.3 Å². The molecule has 1 heterocycles. The van der Waals surface area contributed by atoms with Crippen LogP contribution in [0.5, 0.6) is 0 Å². The molecule has 49 heavy (non-hydrogen) atoms. The first-order valence-corrected chi connectivity index (χ1v) is 18.6. The van der Waals surface area contributed by atoms with Crippen LogP contribution in [-0.2, 0) is 19.1 Å². The molecule has 262 valence electrons. The Hall–Kier alpha value is -3.05. The SMILES string of the molecule is C.C=C[C@]1(O)CCC2C3C=CC4=CC(=O)CC[C@]4(C)C3=CC[C@@]21C.C[C@]12CCC(=O)C=C1C=CC1C2=CC[C@@]2(C)C1CCC21CCC(=O)O1. The van der Waals surface area contributed by atoms with Crippen LogP contribution < -0.4 is 0 Å². The van der Waals surface area contributed by atoms with Crippen LogP contribution in [-0.4, -0.2) is 33.8 Å². The fraction of sp³-hybridized carbons (Fsp3) is 0.614. The summed E-state index contributed by atoms with van der Waals surface area (Å²) >= 11 is 0. The van der Waals surface area contributed by atoms with Gasteiger partial charge in [0.05, 0.1) is 5.60 Å². The van der Waals surface area contributed by atoms with Crippen LogP contribution in [0, 0.1) is 45.3 Å². The van der Waals surface area contributed by atoms with E-state index in [1.807, 2.05) is 12.2 Å². The number of ketones is 2. The summed E-state index contributed by atoms with van der Waals surface area (Å²) in [5, 5.41) is 11.0. The summed E-state index contributed by atoms with van der Waals surface area (Å²) in [6, 6.07) is 0. The van der Waals surface area contributed by atoms with Crippen molar-refractivity contribution in [1.29, 1.82) is 0 Å². The zero-order valence-electron chi connectivity index (χ0n) is 29.3. The molecule has 9 aliphatic rings. The predicted octanol–water partition coefficient (Wildman–Crippen LogP) is 9.06. The van der Waals surface area contributed by atoms with Gasteiger partial charge in [0.15, 0.2) is 11.6 Å². The first kappa shape index (κ1) is 34.4. The molecule has 10 atom stereocenters. The van der Waals surface area contributed by atoms with Gasteiger partial charge >= 0.3 is 5.97 Å². The van der Waals surface area contributed by atoms with Crippen molar-refractivity contribution in [3.8, 4) is 0 Å². The zero-order valence-corrected chi connectivity index (χ0v) is 29.3. The molecule has 0 amide bonds. The van der Waals surface area contributed by atoms with Crippen LogP contribution in [0.3, 0.4) is 0 Å². The van der Waals surface area contributed by atoms with Crippen LogP contribution >= 0.6 is 0 Å². The van der Waals surface area contributed by atoms with Gasteiger partial charge in [0.1, 0.15) is 5.60 Å². The summed E-state index contributed by atoms with van der Waals surface area (Å²) in [5.41, 5.74) is 4.28. The fourth-order valence-electron chi connectivity index (χ4n) is 12.3. The van der Waals surface area contributed by atoms with E-state index in [1.54, 1.807) is 6.08 Å². The third kappa shape index (κ3) is 4.55. The van der Waals surface area contributed by atoms with E-state index in [2.05, 4.69) is 70.7 Å². The third-order valence-corrected chi connectivity index (χ3v) is 15.7. The standard InChI is InChI=1S/C22H26O3.C21H26O2.CH4/c1-20-9-5-15(23)13-14(20)3-4-16-17(20)6-10-21(2)18(16)7-11-22(21)12-8-19(24)25-22;1-4-21(23)12-9-18-16-6-5-14-13-15(22)7-10-19(14,2)17(16)8-11-20(18,21)3;/h3-4,6,13,16,18H,5,7-12H2,1-2H3;4-6,8,13,16,18,23H,1,7,9-12H2,2-3H3;1H4/t16?,18?,20-,21-,22?;16?,18?,19-,20-,21-;/m00./s1. The second-order valence-corrected chi connectivity index (χ2v) is 17.5. The summed E-state index contributed by atoms with van der Waals surface area (Å²) in [5.74, 6) is 2.30. The molecule has 5 heteroatoms. The van der Waals surface area contributed by atoms with Gasteiger partial charge in [0.2, 0.25) is 0 Å². The molecule has 1 spiro atoms. The Bertz CT molecular complexity index is 1700. The Kier molecular flexibility index (Phi) is 7.88. The Morgan fingerprint density at radius 3 is 1.76 bits per heavy atom. The highest BCUT2D eigenvalue weighted by Crippen LogP contribution is 2.67. The molecule has 9 rings (SSSR count). The highest BCUT2D eigenvalue weighted by Gasteiger charge is 2.65. The number of hydrogen-bond acceptors (Lipinski definition) is 5. The van der Waals surface area contributed by atoms with Crippen LogP contribution in [0.15, 0.2) is 83.6 Å². The van der Waals surface area contributed by atoms with Crippen LogP contribution in [0.1, 0.15) is 112 Å². The second kappa shape index (κ2) is 11.2. The second-order valence-electron chi connectivity index (χ2n) is 17.5. The van der Waals surface area contributed by atoms with E-state index in [4.69, 9.17) is 4.74 Å². The Morgan fingerprint density at radius 1 is 0.735 bits per heavy atom. The predicted molar refractivity (Wildman–Crippen MR) is 193 cm³/mol. The largest absolute Gasteiger partial charge is 0.458 e. The maximum Gasteiger partial charge on any atom is 0.306 e. The van der Waals surface area contributed by atoms with Gasteiger partial charge in [-0.15, -0.1) is 6.58 Å². The lowest BCUT2D eigenvalue weighted by atomic mass is 9.52. The van der Waals surface area contributed by atoms with Gasteiger partial charge in [-0.2, -0.15) is 0 Å². The summed E-state index contributed by atoms with van der Waals surface area (Å²) in [7, 11) is 0. The Morgan fingerprint density at radius 2 is 1.24 bits per heavy atom. The van der Waals surface area contributed by atoms with Crippen molar-refractivity contribution in [2.45, 2.75) is 123 Å². The van der Waals surface area contributed by atoms with Crippen molar-refractivity contribution in [2.24, 2.45) is 45.3 Å². The van der Waals surface area contributed by atoms with Crippen molar-refractivity contribution in [3.63, 3.8) is 0 Å². The van der Waals surface area contributed by atoms with Crippen LogP contribution in [0.2, 0.25) is 0 Å².